The summed E-state index contributed by atoms with van der Waals surface area (Å²) in [6, 6.07) is 30.2. The highest BCUT2D eigenvalue weighted by molar-refractivity contribution is 9.10. The van der Waals surface area contributed by atoms with E-state index in [4.69, 9.17) is 20.0 Å². The molecule has 11 saturated carbocycles. The minimum absolute atomic E-state index is 0.0451. The molecule has 14 aliphatic rings. The van der Waals surface area contributed by atoms with Crippen LogP contribution in [0.15, 0.2) is 89.4 Å². The maximum absolute atomic E-state index is 13.8. The van der Waals surface area contributed by atoms with Crippen LogP contribution in [0.2, 0.25) is 0 Å². The molecule has 6 aromatic rings. The number of aromatic nitrogens is 6. The molecule has 0 saturated heterocycles. The summed E-state index contributed by atoms with van der Waals surface area (Å²) < 4.78 is 13.7. The third-order valence-electron chi connectivity index (χ3n) is 28.6. The van der Waals surface area contributed by atoms with Crippen molar-refractivity contribution in [3.63, 3.8) is 0 Å². The van der Waals surface area contributed by atoms with Crippen molar-refractivity contribution in [1.29, 1.82) is 0 Å². The van der Waals surface area contributed by atoms with Crippen LogP contribution in [0, 0.1) is 87.3 Å². The molecular weight excluding hydrogens is 1310 g/mol. The Bertz CT molecular complexity index is 3890. The largest absolute Gasteiger partial charge is 0.376 e. The number of carbonyl (C=O) groups is 3. The number of nitrogens with zero attached hydrogens (tertiary/aromatic N) is 6. The van der Waals surface area contributed by atoms with E-state index >= 15 is 0 Å². The molecule has 101 heavy (non-hydrogen) atoms. The maximum Gasteiger partial charge on any atom is 0.272 e. The number of ether oxygens (including phenoxy) is 1. The molecule has 0 aliphatic heterocycles. The summed E-state index contributed by atoms with van der Waals surface area (Å²) in [7, 11) is 0. The van der Waals surface area contributed by atoms with Crippen LogP contribution in [-0.2, 0) is 49.9 Å². The number of benzene rings is 3. The fourth-order valence-electron chi connectivity index (χ4n) is 23.6. The van der Waals surface area contributed by atoms with Crippen LogP contribution in [0.1, 0.15) is 273 Å². The van der Waals surface area contributed by atoms with Gasteiger partial charge in [-0.25, -0.2) is 9.36 Å². The predicted molar refractivity (Wildman–Crippen MR) is 403 cm³/mol. The SMILES string of the molecule is CC(C)(C)C1CCc2c(c(C(=O)NC3C4CC5CC(C4)CC3C5)nn2-c2ccccc2)C1.CC(NC(=O)c1nn(-c2ccccc2)c2c1CC(C(C)(C)C)CC2)C12CC3CC(CC(C3)C1)C2.O=C(N[C@@H]1C2CCC(C2)[C@@H]1COCc1ccccc1Br)c1nn(C2CCCCC2)c2c1CCCC2. The van der Waals surface area contributed by atoms with Gasteiger partial charge in [0, 0.05) is 62.3 Å². The summed E-state index contributed by atoms with van der Waals surface area (Å²) in [5.74, 6) is 8.86. The fraction of sp³-hybridized carbons (Fsp3) is 0.655. The van der Waals surface area contributed by atoms with Gasteiger partial charge in [0.1, 0.15) is 0 Å². The van der Waals surface area contributed by atoms with Crippen molar-refractivity contribution in [3.05, 3.63) is 146 Å². The van der Waals surface area contributed by atoms with E-state index in [1.807, 2.05) is 18.2 Å². The first kappa shape index (κ1) is 69.5. The molecule has 3 heterocycles. The lowest BCUT2D eigenvalue weighted by Crippen LogP contribution is -2.56. The topological polar surface area (TPSA) is 150 Å². The molecule has 7 atom stereocenters. The van der Waals surface area contributed by atoms with Gasteiger partial charge in [0.05, 0.1) is 30.6 Å². The van der Waals surface area contributed by atoms with Gasteiger partial charge in [0.25, 0.3) is 17.7 Å². The molecule has 14 aliphatic carbocycles. The molecule has 3 N–H and O–H groups in total. The summed E-state index contributed by atoms with van der Waals surface area (Å²) in [4.78, 5) is 41.3. The molecule has 11 fully saturated rings. The standard InChI is InChI=1S/C30H41N3O.C29H38BrN3O2.C28H37N3O/c1-19(30-16-20-12-21(17-30)14-22(13-20)18-30)31-28(34)27-25-15-23(29(2,3)4)10-11-26(25)33(32-27)24-8-6-5-7-9-24;30-25-12-6-4-8-21(25)17-35-18-24-19-14-15-20(16-19)27(24)31-29(34)28-23-11-5-7-13-26(23)33(32-28)22-9-2-1-3-10-22;1-28(2,3)21-9-10-24-23(16-21)26(30-31(24)22-7-5-4-6-8-22)27(32)29-25-19-12-17-11-18(14-19)15-20(25)13-17/h5-9,19-23H,10-18H2,1-4H3,(H,31,34);4,6,8,12,19-20,22,24,27H,1-3,5,7,9-11,13-18H2,(H,31,34);4-8,17-21,25H,9-16H2,1-3H3,(H,29,32)/t;19?,20?,24-,27+;/m.0./s1. The molecule has 0 spiro atoms. The molecule has 0 radical (unpaired) electrons. The van der Waals surface area contributed by atoms with Gasteiger partial charge in [0.2, 0.25) is 0 Å². The highest BCUT2D eigenvalue weighted by Gasteiger charge is 2.55. The lowest BCUT2D eigenvalue weighted by molar-refractivity contribution is -0.0688. The Balaban J connectivity index is 0.000000118. The second-order valence-corrected chi connectivity index (χ2v) is 37.7. The summed E-state index contributed by atoms with van der Waals surface area (Å²) >= 11 is 3.63. The number of para-hydroxylation sites is 2. The Kier molecular flexibility index (Phi) is 19.6. The molecule has 3 aromatic heterocycles. The monoisotopic (exact) mass is 1430 g/mol. The normalized spacial score (nSPS) is 31.4. The van der Waals surface area contributed by atoms with Crippen LogP contribution in [0.4, 0.5) is 0 Å². The van der Waals surface area contributed by atoms with Crippen molar-refractivity contribution in [2.75, 3.05) is 6.61 Å². The molecular formula is C87H116BrN9O4. The summed E-state index contributed by atoms with van der Waals surface area (Å²) in [5, 5.41) is 25.5. The third kappa shape index (κ3) is 14.1. The van der Waals surface area contributed by atoms with Crippen LogP contribution in [0.25, 0.3) is 11.4 Å². The van der Waals surface area contributed by atoms with Crippen molar-refractivity contribution in [1.82, 2.24) is 45.3 Å². The molecule has 10 bridgehead atoms. The minimum atomic E-state index is 0.0451. The lowest BCUT2D eigenvalue weighted by Gasteiger charge is -2.59. The molecule has 13 nitrogen and oxygen atoms in total. The van der Waals surface area contributed by atoms with E-state index in [-0.39, 0.29) is 40.6 Å². The van der Waals surface area contributed by atoms with Crippen LogP contribution in [0.5, 0.6) is 0 Å². The van der Waals surface area contributed by atoms with E-state index in [9.17, 15) is 14.4 Å². The quantitative estimate of drug-likeness (QED) is 0.0983. The first-order valence-corrected chi connectivity index (χ1v) is 41.2. The van der Waals surface area contributed by atoms with Gasteiger partial charge in [-0.1, -0.05) is 131 Å². The number of carbonyl (C=O) groups excluding carboxylic acids is 3. The van der Waals surface area contributed by atoms with Crippen LogP contribution in [0.3, 0.4) is 0 Å². The number of halogens is 1. The third-order valence-corrected chi connectivity index (χ3v) is 29.3. The first-order chi connectivity index (χ1) is 48.8. The maximum atomic E-state index is 13.8. The Morgan fingerprint density at radius 2 is 1.02 bits per heavy atom. The van der Waals surface area contributed by atoms with E-state index in [0.717, 1.165) is 102 Å². The highest BCUT2D eigenvalue weighted by Crippen LogP contribution is 2.62. The van der Waals surface area contributed by atoms with E-state index < -0.39 is 0 Å². The van der Waals surface area contributed by atoms with Gasteiger partial charge >= 0.3 is 0 Å². The number of amides is 3. The van der Waals surface area contributed by atoms with Gasteiger partial charge in [-0.15, -0.1) is 0 Å². The van der Waals surface area contributed by atoms with Crippen molar-refractivity contribution in [2.24, 2.45) is 87.3 Å². The van der Waals surface area contributed by atoms with Crippen LogP contribution < -0.4 is 16.0 Å². The second-order valence-electron chi connectivity index (χ2n) is 36.9. The number of hydrogen-bond donors (Lipinski definition) is 3. The Hall–Kier alpha value is -5.86. The van der Waals surface area contributed by atoms with Gasteiger partial charge in [-0.2, -0.15) is 15.3 Å². The minimum Gasteiger partial charge on any atom is -0.376 e. The van der Waals surface area contributed by atoms with E-state index in [2.05, 4.69) is 161 Å². The molecule has 3 amide bonds. The van der Waals surface area contributed by atoms with Gasteiger partial charge < -0.3 is 20.7 Å². The zero-order valence-corrected chi connectivity index (χ0v) is 63.5. The van der Waals surface area contributed by atoms with Crippen molar-refractivity contribution >= 4 is 33.7 Å². The lowest BCUT2D eigenvalue weighted by atomic mass is 9.48. The van der Waals surface area contributed by atoms with Crippen LogP contribution >= 0.6 is 15.9 Å². The summed E-state index contributed by atoms with van der Waals surface area (Å²) in [5.41, 5.74) is 13.6. The van der Waals surface area contributed by atoms with Gasteiger partial charge in [-0.05, 0) is 291 Å². The predicted octanol–water partition coefficient (Wildman–Crippen LogP) is 18.3. The number of nitrogens with one attached hydrogen (secondary N) is 3. The van der Waals surface area contributed by atoms with Crippen molar-refractivity contribution in [2.45, 2.75) is 265 Å². The van der Waals surface area contributed by atoms with E-state index in [1.54, 1.807) is 0 Å². The Labute approximate surface area is 610 Å². The van der Waals surface area contributed by atoms with Gasteiger partial charge in [-0.3, -0.25) is 19.1 Å². The molecule has 20 rings (SSSR count). The van der Waals surface area contributed by atoms with Gasteiger partial charge in [0.15, 0.2) is 17.1 Å². The average Bonchev–Trinajstić information content (AvgIpc) is 1.54. The van der Waals surface area contributed by atoms with Crippen molar-refractivity contribution < 1.29 is 19.1 Å². The number of hydrogen-bond acceptors (Lipinski definition) is 7. The number of rotatable bonds is 14. The highest BCUT2D eigenvalue weighted by atomic mass is 79.9. The van der Waals surface area contributed by atoms with E-state index in [0.29, 0.717) is 83.5 Å². The zero-order valence-electron chi connectivity index (χ0n) is 61.9. The Morgan fingerprint density at radius 3 is 1.58 bits per heavy atom. The summed E-state index contributed by atoms with van der Waals surface area (Å²) in [6.07, 6.45) is 35.6. The second kappa shape index (κ2) is 28.5. The van der Waals surface area contributed by atoms with Crippen LogP contribution in [-0.4, -0.2) is 71.8 Å². The molecule has 14 heteroatoms. The van der Waals surface area contributed by atoms with E-state index in [1.165, 1.54) is 174 Å². The smallest absolute Gasteiger partial charge is 0.272 e. The molecule has 3 aromatic carbocycles. The zero-order chi connectivity index (χ0) is 69.5. The summed E-state index contributed by atoms with van der Waals surface area (Å²) in [6.45, 7) is 17.6. The first-order valence-electron chi connectivity index (χ1n) is 40.4. The fourth-order valence-corrected chi connectivity index (χ4v) is 24.0. The molecule has 5 unspecified atom stereocenters. The Morgan fingerprint density at radius 1 is 0.515 bits per heavy atom. The van der Waals surface area contributed by atoms with Crippen molar-refractivity contribution in [3.8, 4) is 11.4 Å². The number of fused-ring (bicyclic) bond motifs is 5. The molecule has 540 valence electrons. The average molecular weight is 1430 g/mol.